The number of aliphatic imine (C=N–C) groups is 1. The molecule has 2 aliphatic rings. The highest BCUT2D eigenvalue weighted by Crippen LogP contribution is 2.48. The fourth-order valence-electron chi connectivity index (χ4n) is 4.02. The van der Waals surface area contributed by atoms with E-state index in [-0.39, 0.29) is 37.0 Å². The molecule has 1 aliphatic heterocycles. The van der Waals surface area contributed by atoms with Crippen LogP contribution in [-0.2, 0) is 10.3 Å². The molecule has 0 radical (unpaired) electrons. The molecule has 1 fully saturated rings. The molecule has 180 valence electrons. The number of likely N-dealkylation sites (N-methyl/N-ethyl adjacent to an activating group) is 1. The van der Waals surface area contributed by atoms with E-state index in [4.69, 9.17) is 10.5 Å². The summed E-state index contributed by atoms with van der Waals surface area (Å²) in [6.45, 7) is -3.37. The molecule has 0 bridgehead atoms. The summed E-state index contributed by atoms with van der Waals surface area (Å²) in [4.78, 5) is 19.4. The first-order chi connectivity index (χ1) is 15.9. The second kappa shape index (κ2) is 10.4. The van der Waals surface area contributed by atoms with Crippen LogP contribution in [0.15, 0.2) is 47.5 Å². The molecule has 1 heterocycles. The molecule has 1 atom stereocenters. The topological polar surface area (TPSA) is 67.9 Å². The average Bonchev–Trinajstić information content (AvgIpc) is 3.61. The first-order valence-corrected chi connectivity index (χ1v) is 10.7. The zero-order valence-corrected chi connectivity index (χ0v) is 19.7. The number of nitrogens with two attached hydrogens (primary N) is 1. The molecular weight excluding hydrogens is 463 g/mol. The number of halogens is 3. The van der Waals surface area contributed by atoms with E-state index in [1.807, 2.05) is 0 Å². The van der Waals surface area contributed by atoms with Gasteiger partial charge in [0.25, 0.3) is 5.91 Å². The number of carbonyl (C=O) groups excluding carboxylic acids is 1. The van der Waals surface area contributed by atoms with Gasteiger partial charge in [-0.05, 0) is 66.1 Å². The summed E-state index contributed by atoms with van der Waals surface area (Å²) < 4.78 is 42.9. The SMILES string of the molecule is CN1C(=O)[C@](c2cccc(C#CCCCF)c2)(c2ccc(OC(F)F)c(C3CC3)c2)N=C1N.S. The zero-order valence-electron chi connectivity index (χ0n) is 18.7. The summed E-state index contributed by atoms with van der Waals surface area (Å²) in [5, 5.41) is 0. The van der Waals surface area contributed by atoms with Gasteiger partial charge in [0.15, 0.2) is 11.5 Å². The van der Waals surface area contributed by atoms with Crippen molar-refractivity contribution in [1.29, 1.82) is 0 Å². The molecule has 0 saturated heterocycles. The van der Waals surface area contributed by atoms with Gasteiger partial charge in [-0.3, -0.25) is 14.1 Å². The van der Waals surface area contributed by atoms with Gasteiger partial charge < -0.3 is 10.5 Å². The van der Waals surface area contributed by atoms with Crippen LogP contribution in [-0.4, -0.2) is 37.1 Å². The highest BCUT2D eigenvalue weighted by Gasteiger charge is 2.50. The molecular formula is C25H26F3N3O2S. The Morgan fingerprint density at radius 1 is 1.24 bits per heavy atom. The fraction of sp³-hybridized carbons (Fsp3) is 0.360. The third kappa shape index (κ3) is 4.87. The Labute approximate surface area is 203 Å². The number of benzene rings is 2. The number of ether oxygens (including phenoxy) is 1. The molecule has 2 aromatic rings. The maximum Gasteiger partial charge on any atom is 0.387 e. The van der Waals surface area contributed by atoms with Crippen molar-refractivity contribution in [3.63, 3.8) is 0 Å². The van der Waals surface area contributed by atoms with E-state index in [2.05, 4.69) is 16.8 Å². The van der Waals surface area contributed by atoms with Gasteiger partial charge in [0.05, 0.1) is 6.67 Å². The lowest BCUT2D eigenvalue weighted by molar-refractivity contribution is -0.129. The predicted molar refractivity (Wildman–Crippen MR) is 129 cm³/mol. The van der Waals surface area contributed by atoms with Crippen LogP contribution in [0.25, 0.3) is 0 Å². The van der Waals surface area contributed by atoms with Gasteiger partial charge in [-0.2, -0.15) is 22.3 Å². The summed E-state index contributed by atoms with van der Waals surface area (Å²) in [5.41, 5.74) is 6.94. The second-order valence-electron chi connectivity index (χ2n) is 8.13. The normalized spacial score (nSPS) is 19.4. The Morgan fingerprint density at radius 2 is 1.97 bits per heavy atom. The minimum atomic E-state index is -2.94. The van der Waals surface area contributed by atoms with Gasteiger partial charge in [-0.25, -0.2) is 4.99 Å². The van der Waals surface area contributed by atoms with Crippen LogP contribution in [0.5, 0.6) is 5.75 Å². The van der Waals surface area contributed by atoms with Crippen molar-refractivity contribution in [1.82, 2.24) is 4.90 Å². The number of guanidine groups is 1. The first-order valence-electron chi connectivity index (χ1n) is 10.7. The Balaban J connectivity index is 0.00000324. The van der Waals surface area contributed by atoms with Gasteiger partial charge in [0.1, 0.15) is 5.75 Å². The lowest BCUT2D eigenvalue weighted by Crippen LogP contribution is -2.41. The van der Waals surface area contributed by atoms with Crippen LogP contribution in [0, 0.1) is 11.8 Å². The summed E-state index contributed by atoms with van der Waals surface area (Å²) in [6, 6.07) is 11.9. The van der Waals surface area contributed by atoms with E-state index >= 15 is 0 Å². The molecule has 0 spiro atoms. The lowest BCUT2D eigenvalue weighted by atomic mass is 9.81. The summed E-state index contributed by atoms with van der Waals surface area (Å²) in [7, 11) is 1.54. The Morgan fingerprint density at radius 3 is 2.59 bits per heavy atom. The molecule has 2 aromatic carbocycles. The number of hydrogen-bond acceptors (Lipinski definition) is 4. The standard InChI is InChI=1S/C25H24F3N3O2.H2S/c1-31-22(32)25(30-24(31)29,18-8-5-7-16(14-18)6-3-2-4-13-26)19-11-12-21(33-23(27)28)20(15-19)17-9-10-17;/h5,7-8,11-12,14-15,17,23H,2,4,9-10,13H2,1H3,(H2,29,30);1H2/t25-;/m0./s1. The minimum Gasteiger partial charge on any atom is -0.435 e. The molecule has 5 nitrogen and oxygen atoms in total. The van der Waals surface area contributed by atoms with Crippen molar-refractivity contribution < 1.29 is 22.7 Å². The minimum absolute atomic E-state index is 0. The number of alkyl halides is 3. The number of carbonyl (C=O) groups is 1. The fourth-order valence-corrected chi connectivity index (χ4v) is 4.02. The Hall–Kier alpha value is -3.12. The van der Waals surface area contributed by atoms with Gasteiger partial charge in [-0.15, -0.1) is 0 Å². The van der Waals surface area contributed by atoms with Crippen LogP contribution in [0.2, 0.25) is 0 Å². The van der Waals surface area contributed by atoms with E-state index in [1.165, 1.54) is 11.0 Å². The van der Waals surface area contributed by atoms with Gasteiger partial charge in [-0.1, -0.05) is 30.0 Å². The Bertz CT molecular complexity index is 1160. The van der Waals surface area contributed by atoms with Crippen molar-refractivity contribution in [3.8, 4) is 17.6 Å². The maximum absolute atomic E-state index is 13.5. The van der Waals surface area contributed by atoms with Gasteiger partial charge in [0.2, 0.25) is 0 Å². The number of unbranched alkanes of at least 4 members (excludes halogenated alkanes) is 1. The first kappa shape index (κ1) is 25.5. The highest BCUT2D eigenvalue weighted by atomic mass is 32.1. The van der Waals surface area contributed by atoms with E-state index in [9.17, 15) is 18.0 Å². The molecule has 34 heavy (non-hydrogen) atoms. The van der Waals surface area contributed by atoms with E-state index in [0.29, 0.717) is 35.1 Å². The largest absolute Gasteiger partial charge is 0.435 e. The molecule has 0 unspecified atom stereocenters. The monoisotopic (exact) mass is 489 g/mol. The van der Waals surface area contributed by atoms with Crippen molar-refractivity contribution in [2.45, 2.75) is 43.8 Å². The third-order valence-electron chi connectivity index (χ3n) is 5.85. The average molecular weight is 490 g/mol. The molecule has 1 saturated carbocycles. The van der Waals surface area contributed by atoms with Crippen molar-refractivity contribution in [3.05, 3.63) is 64.7 Å². The molecule has 1 amide bonds. The van der Waals surface area contributed by atoms with Crippen LogP contribution in [0.4, 0.5) is 13.2 Å². The predicted octanol–water partition coefficient (Wildman–Crippen LogP) is 4.41. The van der Waals surface area contributed by atoms with Gasteiger partial charge in [0, 0.05) is 19.0 Å². The summed E-state index contributed by atoms with van der Waals surface area (Å²) in [6.07, 6.45) is 2.51. The smallest absolute Gasteiger partial charge is 0.387 e. The van der Waals surface area contributed by atoms with Crippen LogP contribution in [0.1, 0.15) is 53.9 Å². The summed E-state index contributed by atoms with van der Waals surface area (Å²) >= 11 is 0. The van der Waals surface area contributed by atoms with Crippen molar-refractivity contribution >= 4 is 25.4 Å². The molecule has 9 heteroatoms. The third-order valence-corrected chi connectivity index (χ3v) is 5.85. The second-order valence-corrected chi connectivity index (χ2v) is 8.13. The van der Waals surface area contributed by atoms with Crippen molar-refractivity contribution in [2.75, 3.05) is 13.7 Å². The van der Waals surface area contributed by atoms with Crippen molar-refractivity contribution in [2.24, 2.45) is 10.7 Å². The van der Waals surface area contributed by atoms with E-state index < -0.39 is 18.8 Å². The molecule has 4 rings (SSSR count). The lowest BCUT2D eigenvalue weighted by Gasteiger charge is -2.27. The molecule has 1 aliphatic carbocycles. The number of rotatable bonds is 7. The van der Waals surface area contributed by atoms with Crippen LogP contribution in [0.3, 0.4) is 0 Å². The number of amides is 1. The van der Waals surface area contributed by atoms with E-state index in [1.54, 1.807) is 43.4 Å². The quantitative estimate of drug-likeness (QED) is 0.463. The summed E-state index contributed by atoms with van der Waals surface area (Å²) in [5.74, 6) is 5.82. The van der Waals surface area contributed by atoms with Crippen LogP contribution < -0.4 is 10.5 Å². The van der Waals surface area contributed by atoms with Gasteiger partial charge >= 0.3 is 6.61 Å². The van der Waals surface area contributed by atoms with Crippen LogP contribution >= 0.6 is 13.5 Å². The highest BCUT2D eigenvalue weighted by molar-refractivity contribution is 7.59. The maximum atomic E-state index is 13.5. The molecule has 0 aromatic heterocycles. The number of nitrogens with zero attached hydrogens (tertiary/aromatic N) is 2. The zero-order chi connectivity index (χ0) is 23.6. The number of hydrogen-bond donors (Lipinski definition) is 1. The van der Waals surface area contributed by atoms with E-state index in [0.717, 1.165) is 12.8 Å². The molecule has 2 N–H and O–H groups in total. The Kier molecular flexibility index (Phi) is 7.82.